The maximum atomic E-state index is 3.48. The summed E-state index contributed by atoms with van der Waals surface area (Å²) in [6, 6.07) is 4.72. The summed E-state index contributed by atoms with van der Waals surface area (Å²) in [5.74, 6) is 2.02. The fourth-order valence-corrected chi connectivity index (χ4v) is 5.57. The monoisotopic (exact) mass is 263 g/mol. The number of hydrogen-bond donors (Lipinski definition) is 1. The summed E-state index contributed by atoms with van der Waals surface area (Å²) in [5, 5.41) is 3.48. The second-order valence-electron chi connectivity index (χ2n) is 6.37. The average molecular weight is 263 g/mol. The molecule has 2 saturated carbocycles. The van der Waals surface area contributed by atoms with Crippen molar-refractivity contribution < 1.29 is 0 Å². The Morgan fingerprint density at radius 1 is 1.33 bits per heavy atom. The van der Waals surface area contributed by atoms with Crippen LogP contribution in [0, 0.1) is 17.3 Å². The minimum atomic E-state index is 0.577. The van der Waals surface area contributed by atoms with Gasteiger partial charge in [0, 0.05) is 16.3 Å². The standard InChI is InChI=1S/C16H25NS/c1-3-14-6-7-15(18-14)10-16(11-17-2)9-12-4-5-13(16)8-12/h6-7,12-13,17H,3-5,8-11H2,1-2H3. The maximum absolute atomic E-state index is 3.48. The molecule has 1 nitrogen and oxygen atoms in total. The van der Waals surface area contributed by atoms with Gasteiger partial charge in [0.1, 0.15) is 0 Å². The normalized spacial score (nSPS) is 34.3. The van der Waals surface area contributed by atoms with E-state index in [1.807, 2.05) is 11.3 Å². The van der Waals surface area contributed by atoms with Gasteiger partial charge < -0.3 is 5.32 Å². The molecule has 1 N–H and O–H groups in total. The molecule has 0 saturated heterocycles. The van der Waals surface area contributed by atoms with E-state index in [9.17, 15) is 0 Å². The summed E-state index contributed by atoms with van der Waals surface area (Å²) >= 11 is 2.04. The zero-order chi connectivity index (χ0) is 12.6. The van der Waals surface area contributed by atoms with Crippen LogP contribution >= 0.6 is 11.3 Å². The van der Waals surface area contributed by atoms with Crippen LogP contribution in [0.5, 0.6) is 0 Å². The molecule has 0 amide bonds. The van der Waals surface area contributed by atoms with E-state index >= 15 is 0 Å². The zero-order valence-corrected chi connectivity index (χ0v) is 12.5. The smallest absolute Gasteiger partial charge is 0.00542 e. The molecule has 0 spiro atoms. The minimum Gasteiger partial charge on any atom is -0.319 e. The van der Waals surface area contributed by atoms with Gasteiger partial charge in [-0.2, -0.15) is 0 Å². The van der Waals surface area contributed by atoms with Crippen LogP contribution in [0.4, 0.5) is 0 Å². The first kappa shape index (κ1) is 12.7. The predicted octanol–water partition coefficient (Wildman–Crippen LogP) is 3.88. The predicted molar refractivity (Wildman–Crippen MR) is 79.2 cm³/mol. The Morgan fingerprint density at radius 2 is 2.17 bits per heavy atom. The number of thiophene rings is 1. The SMILES string of the molecule is CCc1ccc(CC2(CNC)CC3CCC2C3)s1. The van der Waals surface area contributed by atoms with Crippen LogP contribution in [0.15, 0.2) is 12.1 Å². The van der Waals surface area contributed by atoms with Gasteiger partial charge in [0.15, 0.2) is 0 Å². The highest BCUT2D eigenvalue weighted by atomic mass is 32.1. The van der Waals surface area contributed by atoms with Gasteiger partial charge in [0.2, 0.25) is 0 Å². The van der Waals surface area contributed by atoms with Crippen LogP contribution in [0.25, 0.3) is 0 Å². The van der Waals surface area contributed by atoms with Crippen molar-refractivity contribution in [3.8, 4) is 0 Å². The molecule has 2 aliphatic carbocycles. The summed E-state index contributed by atoms with van der Waals surface area (Å²) in [4.78, 5) is 3.17. The van der Waals surface area contributed by atoms with Gasteiger partial charge >= 0.3 is 0 Å². The molecule has 2 fully saturated rings. The molecule has 3 atom stereocenters. The van der Waals surface area contributed by atoms with Gasteiger partial charge in [-0.3, -0.25) is 0 Å². The van der Waals surface area contributed by atoms with Gasteiger partial charge in [-0.05, 0) is 68.5 Å². The van der Waals surface area contributed by atoms with Crippen molar-refractivity contribution >= 4 is 11.3 Å². The third-order valence-corrected chi connectivity index (χ3v) is 6.45. The number of rotatable bonds is 5. The van der Waals surface area contributed by atoms with E-state index in [0.29, 0.717) is 5.41 Å². The first-order valence-corrected chi connectivity index (χ1v) is 8.29. The van der Waals surface area contributed by atoms with Gasteiger partial charge in [-0.25, -0.2) is 0 Å². The lowest BCUT2D eigenvalue weighted by atomic mass is 9.70. The van der Waals surface area contributed by atoms with Crippen molar-refractivity contribution in [1.82, 2.24) is 5.32 Å². The molecule has 3 rings (SSSR count). The van der Waals surface area contributed by atoms with Crippen molar-refractivity contribution in [2.24, 2.45) is 17.3 Å². The van der Waals surface area contributed by atoms with Crippen molar-refractivity contribution in [2.45, 2.75) is 45.4 Å². The molecule has 100 valence electrons. The van der Waals surface area contributed by atoms with Crippen molar-refractivity contribution in [3.63, 3.8) is 0 Å². The number of nitrogens with one attached hydrogen (secondary N) is 1. The molecule has 1 heterocycles. The Balaban J connectivity index is 1.78. The molecule has 0 radical (unpaired) electrons. The molecule has 1 aromatic heterocycles. The Labute approximate surface area is 115 Å². The van der Waals surface area contributed by atoms with Gasteiger partial charge in [0.05, 0.1) is 0 Å². The minimum absolute atomic E-state index is 0.577. The number of aryl methyl sites for hydroxylation is 1. The largest absolute Gasteiger partial charge is 0.319 e. The number of hydrogen-bond acceptors (Lipinski definition) is 2. The van der Waals surface area contributed by atoms with E-state index in [-0.39, 0.29) is 0 Å². The second-order valence-corrected chi connectivity index (χ2v) is 7.62. The first-order chi connectivity index (χ1) is 8.75. The third-order valence-electron chi connectivity index (χ3n) is 5.22. The van der Waals surface area contributed by atoms with E-state index < -0.39 is 0 Å². The Bertz CT molecular complexity index is 411. The summed E-state index contributed by atoms with van der Waals surface area (Å²) in [5.41, 5.74) is 0.577. The summed E-state index contributed by atoms with van der Waals surface area (Å²) in [6.45, 7) is 3.48. The lowest BCUT2D eigenvalue weighted by Gasteiger charge is -2.37. The third kappa shape index (κ3) is 2.14. The van der Waals surface area contributed by atoms with Crippen molar-refractivity contribution in [1.29, 1.82) is 0 Å². The van der Waals surface area contributed by atoms with E-state index in [4.69, 9.17) is 0 Å². The first-order valence-electron chi connectivity index (χ1n) is 7.48. The summed E-state index contributed by atoms with van der Waals surface area (Å²) < 4.78 is 0. The zero-order valence-electron chi connectivity index (χ0n) is 11.7. The molecule has 2 aliphatic rings. The van der Waals surface area contributed by atoms with E-state index in [0.717, 1.165) is 11.8 Å². The highest BCUT2D eigenvalue weighted by molar-refractivity contribution is 7.11. The molecule has 2 heteroatoms. The van der Waals surface area contributed by atoms with Crippen LogP contribution in [0.1, 0.15) is 42.4 Å². The fraction of sp³-hybridized carbons (Fsp3) is 0.750. The molecule has 18 heavy (non-hydrogen) atoms. The molecule has 2 bridgehead atoms. The van der Waals surface area contributed by atoms with Crippen molar-refractivity contribution in [2.75, 3.05) is 13.6 Å². The fourth-order valence-electron chi connectivity index (χ4n) is 4.46. The molecule has 1 aromatic rings. The van der Waals surface area contributed by atoms with E-state index in [1.165, 1.54) is 45.1 Å². The lowest BCUT2D eigenvalue weighted by molar-refractivity contribution is 0.161. The summed E-state index contributed by atoms with van der Waals surface area (Å²) in [6.07, 6.45) is 8.47. The van der Waals surface area contributed by atoms with E-state index in [1.54, 1.807) is 9.75 Å². The Kier molecular flexibility index (Phi) is 3.50. The second kappa shape index (κ2) is 4.97. The lowest BCUT2D eigenvalue weighted by Crippen LogP contribution is -2.39. The topological polar surface area (TPSA) is 12.0 Å². The van der Waals surface area contributed by atoms with E-state index in [2.05, 4.69) is 31.4 Å². The van der Waals surface area contributed by atoms with Gasteiger partial charge in [0.25, 0.3) is 0 Å². The van der Waals surface area contributed by atoms with Crippen LogP contribution in [-0.2, 0) is 12.8 Å². The van der Waals surface area contributed by atoms with Crippen LogP contribution in [0.2, 0.25) is 0 Å². The van der Waals surface area contributed by atoms with Crippen LogP contribution in [0.3, 0.4) is 0 Å². The Morgan fingerprint density at radius 3 is 2.72 bits per heavy atom. The molecular weight excluding hydrogens is 238 g/mol. The van der Waals surface area contributed by atoms with Crippen LogP contribution < -0.4 is 5.32 Å². The van der Waals surface area contributed by atoms with Gasteiger partial charge in [-0.1, -0.05) is 13.3 Å². The van der Waals surface area contributed by atoms with Gasteiger partial charge in [-0.15, -0.1) is 11.3 Å². The molecular formula is C16H25NS. The quantitative estimate of drug-likeness (QED) is 0.850. The highest BCUT2D eigenvalue weighted by Gasteiger charge is 2.50. The molecule has 0 aliphatic heterocycles. The average Bonchev–Trinajstić information content (AvgIpc) is 3.04. The van der Waals surface area contributed by atoms with Crippen molar-refractivity contribution in [3.05, 3.63) is 21.9 Å². The summed E-state index contributed by atoms with van der Waals surface area (Å²) in [7, 11) is 2.12. The number of fused-ring (bicyclic) bond motifs is 2. The highest BCUT2D eigenvalue weighted by Crippen LogP contribution is 2.57. The molecule has 0 aromatic carbocycles. The molecule has 3 unspecified atom stereocenters. The Hall–Kier alpha value is -0.340. The van der Waals surface area contributed by atoms with Crippen LogP contribution in [-0.4, -0.2) is 13.6 Å². The maximum Gasteiger partial charge on any atom is 0.00542 e.